The highest BCUT2D eigenvalue weighted by molar-refractivity contribution is 5.84. The van der Waals surface area contributed by atoms with Crippen molar-refractivity contribution in [3.8, 4) is 11.8 Å². The lowest BCUT2D eigenvalue weighted by Gasteiger charge is -2.53. The molecule has 0 aromatic heterocycles. The molecule has 5 aliphatic rings. The minimum atomic E-state index is -0.922. The zero-order chi connectivity index (χ0) is 25.8. The van der Waals surface area contributed by atoms with Gasteiger partial charge in [0.15, 0.2) is 0 Å². The molecule has 4 saturated carbocycles. The van der Waals surface area contributed by atoms with Crippen molar-refractivity contribution in [1.82, 2.24) is 0 Å². The van der Waals surface area contributed by atoms with E-state index in [4.69, 9.17) is 0 Å². The standard InChI is InChI=1S/C34H43NO2/c1-4-19-34(37)20-18-31-29-16-12-24-21-27(36)15-17-28(24)32(29)30(22-33(31,34)2)23-10-13-26(14-11-23)35(3)25-8-6-5-7-9-25/h10-14,25,29-31,37H,5-9,15-18,20-22H2,1-3H3/t29?,30-,31?,33+,34+/m1/s1. The van der Waals surface area contributed by atoms with Gasteiger partial charge in [0, 0.05) is 43.0 Å². The molecule has 5 aliphatic carbocycles. The van der Waals surface area contributed by atoms with E-state index in [2.05, 4.69) is 61.1 Å². The molecule has 2 unspecified atom stereocenters. The molecule has 5 atom stereocenters. The van der Waals surface area contributed by atoms with Crippen molar-refractivity contribution in [2.45, 2.75) is 108 Å². The summed E-state index contributed by atoms with van der Waals surface area (Å²) >= 11 is 0. The van der Waals surface area contributed by atoms with Crippen LogP contribution in [0.1, 0.15) is 102 Å². The first kappa shape index (κ1) is 25.0. The number of carbonyl (C=O) groups excluding carboxylic acids is 1. The number of anilines is 1. The molecule has 3 heteroatoms. The Hall–Kier alpha value is -2.31. The molecular weight excluding hydrogens is 454 g/mol. The van der Waals surface area contributed by atoms with Crippen molar-refractivity contribution < 1.29 is 9.90 Å². The van der Waals surface area contributed by atoms with Crippen LogP contribution in [0, 0.1) is 29.1 Å². The van der Waals surface area contributed by atoms with Gasteiger partial charge in [0.2, 0.25) is 0 Å². The van der Waals surface area contributed by atoms with E-state index in [1.165, 1.54) is 54.5 Å². The molecule has 1 aromatic carbocycles. The van der Waals surface area contributed by atoms with Gasteiger partial charge < -0.3 is 10.0 Å². The van der Waals surface area contributed by atoms with Gasteiger partial charge in [-0.25, -0.2) is 0 Å². The highest BCUT2D eigenvalue weighted by atomic mass is 16.3. The van der Waals surface area contributed by atoms with E-state index in [1.54, 1.807) is 5.57 Å². The van der Waals surface area contributed by atoms with E-state index in [-0.39, 0.29) is 11.3 Å². The van der Waals surface area contributed by atoms with E-state index < -0.39 is 5.60 Å². The number of benzene rings is 1. The highest BCUT2D eigenvalue weighted by Gasteiger charge is 2.62. The third-order valence-corrected chi connectivity index (χ3v) is 11.0. The fourth-order valence-corrected chi connectivity index (χ4v) is 8.93. The predicted molar refractivity (Wildman–Crippen MR) is 150 cm³/mol. The molecule has 0 spiro atoms. The molecule has 0 radical (unpaired) electrons. The smallest absolute Gasteiger partial charge is 0.137 e. The second-order valence-corrected chi connectivity index (χ2v) is 12.8. The van der Waals surface area contributed by atoms with Crippen LogP contribution in [-0.4, -0.2) is 29.6 Å². The van der Waals surface area contributed by atoms with Crippen LogP contribution in [0.4, 0.5) is 5.69 Å². The first-order valence-corrected chi connectivity index (χ1v) is 14.8. The summed E-state index contributed by atoms with van der Waals surface area (Å²) in [6.07, 6.45) is 14.9. The largest absolute Gasteiger partial charge is 0.377 e. The molecule has 1 aromatic rings. The quantitative estimate of drug-likeness (QED) is 0.453. The summed E-state index contributed by atoms with van der Waals surface area (Å²) < 4.78 is 0. The lowest BCUT2D eigenvalue weighted by molar-refractivity contribution is -0.118. The van der Waals surface area contributed by atoms with Crippen LogP contribution < -0.4 is 4.90 Å². The summed E-state index contributed by atoms with van der Waals surface area (Å²) in [5.74, 6) is 7.87. The number of Topliss-reactive ketones (excluding diaryl/α,β-unsaturated/α-hetero) is 1. The summed E-state index contributed by atoms with van der Waals surface area (Å²) in [5, 5.41) is 11.9. The van der Waals surface area contributed by atoms with E-state index in [0.29, 0.717) is 36.5 Å². The number of nitrogens with zero attached hydrogens (tertiary/aromatic N) is 1. The molecule has 0 amide bonds. The first-order chi connectivity index (χ1) is 17.8. The monoisotopic (exact) mass is 497 g/mol. The molecule has 0 bridgehead atoms. The lowest BCUT2D eigenvalue weighted by Crippen LogP contribution is -2.50. The van der Waals surface area contributed by atoms with Crippen LogP contribution in [0.2, 0.25) is 0 Å². The van der Waals surface area contributed by atoms with Crippen LogP contribution in [0.5, 0.6) is 0 Å². The Morgan fingerprint density at radius 1 is 1.05 bits per heavy atom. The molecule has 6 rings (SSSR count). The number of allylic oxidation sites excluding steroid dienone is 4. The molecule has 0 saturated heterocycles. The number of rotatable bonds is 3. The van der Waals surface area contributed by atoms with E-state index in [9.17, 15) is 9.90 Å². The van der Waals surface area contributed by atoms with Crippen LogP contribution in [0.15, 0.2) is 47.1 Å². The molecule has 3 nitrogen and oxygen atoms in total. The third kappa shape index (κ3) is 4.02. The van der Waals surface area contributed by atoms with E-state index in [1.807, 2.05) is 6.92 Å². The summed E-state index contributed by atoms with van der Waals surface area (Å²) in [7, 11) is 2.26. The van der Waals surface area contributed by atoms with Gasteiger partial charge in [-0.2, -0.15) is 0 Å². The van der Waals surface area contributed by atoms with Gasteiger partial charge in [0.05, 0.1) is 0 Å². The zero-order valence-electron chi connectivity index (χ0n) is 23.0. The Balaban J connectivity index is 1.40. The van der Waals surface area contributed by atoms with E-state index >= 15 is 0 Å². The minimum Gasteiger partial charge on any atom is -0.377 e. The van der Waals surface area contributed by atoms with Crippen molar-refractivity contribution >= 4 is 11.5 Å². The maximum absolute atomic E-state index is 12.3. The first-order valence-electron chi connectivity index (χ1n) is 14.8. The molecule has 4 fully saturated rings. The van der Waals surface area contributed by atoms with Gasteiger partial charge in [0.1, 0.15) is 11.4 Å². The second-order valence-electron chi connectivity index (χ2n) is 12.8. The minimum absolute atomic E-state index is 0.233. The Morgan fingerprint density at radius 3 is 2.54 bits per heavy atom. The third-order valence-electron chi connectivity index (χ3n) is 11.0. The summed E-state index contributed by atoms with van der Waals surface area (Å²) in [4.78, 5) is 14.8. The predicted octanol–water partition coefficient (Wildman–Crippen LogP) is 7.11. The van der Waals surface area contributed by atoms with Gasteiger partial charge in [-0.1, -0.05) is 55.9 Å². The van der Waals surface area contributed by atoms with E-state index in [0.717, 1.165) is 32.1 Å². The summed E-state index contributed by atoms with van der Waals surface area (Å²) in [6, 6.07) is 10.0. The zero-order valence-corrected chi connectivity index (χ0v) is 23.0. The molecule has 37 heavy (non-hydrogen) atoms. The fraction of sp³-hybridized carbons (Fsp3) is 0.618. The Morgan fingerprint density at radius 2 is 1.81 bits per heavy atom. The number of ketones is 1. The summed E-state index contributed by atoms with van der Waals surface area (Å²) in [6.45, 7) is 4.18. The maximum Gasteiger partial charge on any atom is 0.137 e. The van der Waals surface area contributed by atoms with Crippen molar-refractivity contribution in [2.24, 2.45) is 17.3 Å². The topological polar surface area (TPSA) is 40.5 Å². The molecule has 0 heterocycles. The second kappa shape index (κ2) is 9.46. The molecule has 1 N–H and O–H groups in total. The van der Waals surface area contributed by atoms with Crippen molar-refractivity contribution in [1.29, 1.82) is 0 Å². The Labute approximate surface area is 223 Å². The average molecular weight is 498 g/mol. The number of aliphatic hydroxyl groups is 1. The highest BCUT2D eigenvalue weighted by Crippen LogP contribution is 2.66. The number of fused-ring (bicyclic) bond motifs is 4. The molecule has 196 valence electrons. The van der Waals surface area contributed by atoms with Crippen molar-refractivity contribution in [2.75, 3.05) is 11.9 Å². The number of hydrogen-bond donors (Lipinski definition) is 1. The maximum atomic E-state index is 12.3. The van der Waals surface area contributed by atoms with Crippen LogP contribution >= 0.6 is 0 Å². The van der Waals surface area contributed by atoms with Crippen molar-refractivity contribution in [3.63, 3.8) is 0 Å². The summed E-state index contributed by atoms with van der Waals surface area (Å²) in [5.41, 5.74) is 5.89. The fourth-order valence-electron chi connectivity index (χ4n) is 8.93. The normalized spacial score (nSPS) is 35.6. The number of carbonyl (C=O) groups is 1. The van der Waals surface area contributed by atoms with Crippen molar-refractivity contribution in [3.05, 3.63) is 52.6 Å². The van der Waals surface area contributed by atoms with Crippen LogP contribution in [0.25, 0.3) is 0 Å². The Kier molecular flexibility index (Phi) is 6.39. The lowest BCUT2D eigenvalue weighted by atomic mass is 9.51. The number of hydrogen-bond acceptors (Lipinski definition) is 3. The SMILES string of the molecule is CC#C[C@]1(O)CCC2C3CC=C4CC(=O)CCC4=C3[C@@H](c3ccc(N(C)C4CCCCC4)cc3)C[C@@]21C. The van der Waals surface area contributed by atoms with Gasteiger partial charge in [-0.15, -0.1) is 5.92 Å². The van der Waals surface area contributed by atoms with Gasteiger partial charge in [-0.05, 0) is 92.5 Å². The van der Waals surface area contributed by atoms with Gasteiger partial charge in [0.25, 0.3) is 0 Å². The Bertz CT molecular complexity index is 1190. The van der Waals surface area contributed by atoms with Gasteiger partial charge >= 0.3 is 0 Å². The molecular formula is C34H43NO2. The van der Waals surface area contributed by atoms with Crippen LogP contribution in [0.3, 0.4) is 0 Å². The average Bonchev–Trinajstić information content (AvgIpc) is 3.18. The van der Waals surface area contributed by atoms with Gasteiger partial charge in [-0.3, -0.25) is 4.79 Å². The molecule has 0 aliphatic heterocycles. The van der Waals surface area contributed by atoms with Crippen LogP contribution in [-0.2, 0) is 4.79 Å².